The predicted octanol–water partition coefficient (Wildman–Crippen LogP) is 3.04. The van der Waals surface area contributed by atoms with Crippen LogP contribution in [0.2, 0.25) is 0 Å². The van der Waals surface area contributed by atoms with E-state index >= 15 is 0 Å². The maximum absolute atomic E-state index is 13.6. The van der Waals surface area contributed by atoms with Gasteiger partial charge in [0.2, 0.25) is 5.95 Å². The number of amides is 1. The molecule has 1 saturated heterocycles. The molecule has 3 heterocycles. The Labute approximate surface area is 204 Å². The molecule has 0 spiro atoms. The molecule has 35 heavy (non-hydrogen) atoms. The van der Waals surface area contributed by atoms with Crippen molar-refractivity contribution >= 4 is 22.8 Å². The monoisotopic (exact) mass is 473 g/mol. The Balaban J connectivity index is 1.58. The van der Waals surface area contributed by atoms with Crippen LogP contribution >= 0.6 is 0 Å². The van der Waals surface area contributed by atoms with E-state index in [2.05, 4.69) is 21.8 Å². The molecule has 1 saturated carbocycles. The highest BCUT2D eigenvalue weighted by atomic mass is 16.3. The molecule has 2 aromatic heterocycles. The van der Waals surface area contributed by atoms with Gasteiger partial charge < -0.3 is 25.4 Å². The molecule has 1 amide bonds. The van der Waals surface area contributed by atoms with E-state index in [1.807, 2.05) is 27.7 Å². The highest BCUT2D eigenvalue weighted by Gasteiger charge is 2.31. The van der Waals surface area contributed by atoms with Crippen LogP contribution in [0, 0.1) is 11.8 Å². The van der Waals surface area contributed by atoms with Crippen molar-refractivity contribution in [3.8, 4) is 17.7 Å². The van der Waals surface area contributed by atoms with Crippen LogP contribution < -0.4 is 5.73 Å². The van der Waals surface area contributed by atoms with Crippen molar-refractivity contribution in [2.24, 2.45) is 0 Å². The first-order valence-corrected chi connectivity index (χ1v) is 12.4. The Bertz CT molecular complexity index is 1300. The van der Waals surface area contributed by atoms with Crippen LogP contribution in [-0.2, 0) is 0 Å². The van der Waals surface area contributed by atoms with Crippen molar-refractivity contribution in [2.75, 3.05) is 18.9 Å². The van der Waals surface area contributed by atoms with Gasteiger partial charge in [-0.25, -0.2) is 4.98 Å². The van der Waals surface area contributed by atoms with Crippen LogP contribution in [0.4, 0.5) is 5.95 Å². The summed E-state index contributed by atoms with van der Waals surface area (Å²) in [5.74, 6) is 6.91. The Morgan fingerprint density at radius 3 is 2.80 bits per heavy atom. The molecule has 2 fully saturated rings. The molecule has 182 valence electrons. The van der Waals surface area contributed by atoms with Crippen molar-refractivity contribution in [3.05, 3.63) is 47.8 Å². The number of hydrogen-bond acceptors (Lipinski definition) is 6. The number of carbonyl (C=O) groups is 1. The highest BCUT2D eigenvalue weighted by molar-refractivity contribution is 6.07. The SMILES string of the molecule is Nc1nccc(-n2cc(C(=O)N3CCCC3CCO)c3ccc(C#CC4(O)CCCCC4)cc32)n1. The topological polar surface area (TPSA) is 118 Å². The highest BCUT2D eigenvalue weighted by Crippen LogP contribution is 2.30. The van der Waals surface area contributed by atoms with E-state index in [9.17, 15) is 15.0 Å². The molecule has 8 nitrogen and oxygen atoms in total. The fraction of sp³-hybridized carbons (Fsp3) is 0.444. The van der Waals surface area contributed by atoms with Gasteiger partial charge in [-0.15, -0.1) is 0 Å². The summed E-state index contributed by atoms with van der Waals surface area (Å²) in [6.07, 6.45) is 10.3. The fourth-order valence-electron chi connectivity index (χ4n) is 5.32. The molecule has 1 aromatic carbocycles. The molecular formula is C27H31N5O3. The number of aliphatic hydroxyl groups excluding tert-OH is 1. The molecule has 3 aromatic rings. The first kappa shape index (κ1) is 23.3. The summed E-state index contributed by atoms with van der Waals surface area (Å²) < 4.78 is 1.85. The lowest BCUT2D eigenvalue weighted by molar-refractivity contribution is 0.0610. The van der Waals surface area contributed by atoms with Crippen LogP contribution in [0.5, 0.6) is 0 Å². The zero-order chi connectivity index (χ0) is 24.4. The van der Waals surface area contributed by atoms with Gasteiger partial charge >= 0.3 is 0 Å². The second-order valence-corrected chi connectivity index (χ2v) is 9.57. The first-order chi connectivity index (χ1) is 17.0. The standard InChI is InChI=1S/C27H31N5O3/c28-26-29-14-9-24(30-26)32-18-22(25(34)31-15-4-5-20(31)10-16-33)21-7-6-19(17-23(21)32)8-13-27(35)11-2-1-3-12-27/h6-7,9,14,17-18,20,33,35H,1-5,10-12,15-16H2,(H2,28,29,30). The number of aromatic nitrogens is 3. The first-order valence-electron chi connectivity index (χ1n) is 12.4. The van der Waals surface area contributed by atoms with E-state index in [0.717, 1.165) is 48.6 Å². The third-order valence-corrected chi connectivity index (χ3v) is 7.16. The number of rotatable bonds is 4. The van der Waals surface area contributed by atoms with E-state index in [1.54, 1.807) is 18.5 Å². The summed E-state index contributed by atoms with van der Waals surface area (Å²) in [5, 5.41) is 21.0. The number of hydrogen-bond donors (Lipinski definition) is 3. The molecule has 1 aliphatic heterocycles. The molecule has 1 atom stereocenters. The van der Waals surface area contributed by atoms with Gasteiger partial charge in [-0.2, -0.15) is 4.98 Å². The van der Waals surface area contributed by atoms with Crippen molar-refractivity contribution < 1.29 is 15.0 Å². The minimum absolute atomic E-state index is 0.0435. The number of carbonyl (C=O) groups excluding carboxylic acids is 1. The van der Waals surface area contributed by atoms with Crippen LogP contribution in [0.25, 0.3) is 16.7 Å². The van der Waals surface area contributed by atoms with Crippen LogP contribution in [0.3, 0.4) is 0 Å². The number of anilines is 1. The smallest absolute Gasteiger partial charge is 0.256 e. The second-order valence-electron chi connectivity index (χ2n) is 9.57. The van der Waals surface area contributed by atoms with Crippen molar-refractivity contribution in [2.45, 2.75) is 63.0 Å². The number of benzene rings is 1. The molecule has 1 unspecified atom stereocenters. The van der Waals surface area contributed by atoms with E-state index in [4.69, 9.17) is 5.73 Å². The molecule has 4 N–H and O–H groups in total. The lowest BCUT2D eigenvalue weighted by Gasteiger charge is -2.26. The quantitative estimate of drug-likeness (QED) is 0.502. The Kier molecular flexibility index (Phi) is 6.46. The van der Waals surface area contributed by atoms with Gasteiger partial charge in [0.25, 0.3) is 5.91 Å². The van der Waals surface area contributed by atoms with Crippen molar-refractivity contribution in [1.29, 1.82) is 0 Å². The van der Waals surface area contributed by atoms with Gasteiger partial charge in [0.15, 0.2) is 0 Å². The summed E-state index contributed by atoms with van der Waals surface area (Å²) in [4.78, 5) is 23.9. The molecular weight excluding hydrogens is 442 g/mol. The molecule has 1 aliphatic carbocycles. The summed E-state index contributed by atoms with van der Waals surface area (Å²) in [5.41, 5.74) is 7.03. The predicted molar refractivity (Wildman–Crippen MR) is 134 cm³/mol. The van der Waals surface area contributed by atoms with Crippen LogP contribution in [0.15, 0.2) is 36.7 Å². The van der Waals surface area contributed by atoms with Crippen LogP contribution in [0.1, 0.15) is 67.3 Å². The number of nitrogens with two attached hydrogens (primary N) is 1. The van der Waals surface area contributed by atoms with Gasteiger partial charge in [0.1, 0.15) is 11.4 Å². The zero-order valence-corrected chi connectivity index (χ0v) is 19.8. The van der Waals surface area contributed by atoms with E-state index < -0.39 is 5.60 Å². The van der Waals surface area contributed by atoms with Crippen molar-refractivity contribution in [1.82, 2.24) is 19.4 Å². The maximum Gasteiger partial charge on any atom is 0.256 e. The summed E-state index contributed by atoms with van der Waals surface area (Å²) in [6.45, 7) is 0.740. The van der Waals surface area contributed by atoms with Gasteiger partial charge in [-0.1, -0.05) is 24.3 Å². The average Bonchev–Trinajstić information content (AvgIpc) is 3.48. The van der Waals surface area contributed by atoms with Gasteiger partial charge in [-0.3, -0.25) is 4.79 Å². The molecule has 2 aliphatic rings. The van der Waals surface area contributed by atoms with E-state index in [0.29, 0.717) is 37.2 Å². The fourth-order valence-corrected chi connectivity index (χ4v) is 5.32. The summed E-state index contributed by atoms with van der Waals surface area (Å²) in [7, 11) is 0. The molecule has 0 radical (unpaired) electrons. The largest absolute Gasteiger partial charge is 0.396 e. The lowest BCUT2D eigenvalue weighted by Crippen LogP contribution is -2.36. The number of fused-ring (bicyclic) bond motifs is 1. The number of likely N-dealkylation sites (tertiary alicyclic amines) is 1. The van der Waals surface area contributed by atoms with Crippen molar-refractivity contribution in [3.63, 3.8) is 0 Å². The van der Waals surface area contributed by atoms with Crippen LogP contribution in [-0.4, -0.2) is 60.3 Å². The van der Waals surface area contributed by atoms with E-state index in [1.165, 1.54) is 0 Å². The second kappa shape index (κ2) is 9.68. The summed E-state index contributed by atoms with van der Waals surface area (Å²) in [6, 6.07) is 7.53. The lowest BCUT2D eigenvalue weighted by atomic mass is 9.85. The van der Waals surface area contributed by atoms with E-state index in [-0.39, 0.29) is 24.5 Å². The zero-order valence-electron chi connectivity index (χ0n) is 19.8. The van der Waals surface area contributed by atoms with Gasteiger partial charge in [0, 0.05) is 42.5 Å². The Morgan fingerprint density at radius 1 is 1.20 bits per heavy atom. The molecule has 5 rings (SSSR count). The minimum Gasteiger partial charge on any atom is -0.396 e. The Morgan fingerprint density at radius 2 is 2.03 bits per heavy atom. The number of nitrogens with zero attached hydrogens (tertiary/aromatic N) is 4. The summed E-state index contributed by atoms with van der Waals surface area (Å²) >= 11 is 0. The van der Waals surface area contributed by atoms with Gasteiger partial charge in [0.05, 0.1) is 11.1 Å². The number of aliphatic hydroxyl groups is 2. The maximum atomic E-state index is 13.6. The molecule has 0 bridgehead atoms. The van der Waals surface area contributed by atoms with Gasteiger partial charge in [-0.05, 0) is 63.1 Å². The third-order valence-electron chi connectivity index (χ3n) is 7.16. The number of nitrogen functional groups attached to an aromatic ring is 1. The third kappa shape index (κ3) is 4.75. The minimum atomic E-state index is -0.936. The molecule has 8 heteroatoms. The normalized spacial score (nSPS) is 19.5. The Hall–Kier alpha value is -3.41. The average molecular weight is 474 g/mol.